The molecule has 0 saturated carbocycles. The summed E-state index contributed by atoms with van der Waals surface area (Å²) in [5, 5.41) is 13.3. The van der Waals surface area contributed by atoms with Gasteiger partial charge in [-0.05, 0) is 44.1 Å². The number of nitrogens with two attached hydrogens (primary N) is 1. The molecular weight excluding hydrogens is 381 g/mol. The van der Waals surface area contributed by atoms with Gasteiger partial charge < -0.3 is 15.7 Å². The number of benzene rings is 1. The molecule has 0 spiro atoms. The molecule has 1 aliphatic heterocycles. The average Bonchev–Trinajstić information content (AvgIpc) is 3.11. The molecule has 3 rings (SSSR count). The number of amides is 2. The minimum Gasteiger partial charge on any atom is -0.476 e. The van der Waals surface area contributed by atoms with Gasteiger partial charge in [0.15, 0.2) is 5.69 Å². The predicted octanol–water partition coefficient (Wildman–Crippen LogP) is 1.43. The van der Waals surface area contributed by atoms with Crippen LogP contribution in [0.25, 0.3) is 11.1 Å². The van der Waals surface area contributed by atoms with Crippen molar-refractivity contribution in [1.82, 2.24) is 14.8 Å². The standard InChI is InChI=1S/C19H22FN5O4/c20-12-4-5-13(18(21)27)14(10-12)15-11-25(23-17(15)19(28)29)22-16(26)6-9-24-7-2-1-3-8-24/h4-5,10-11H,1-3,6-9H2,(H2,21,27)(H,22,26)(H,28,29). The number of likely N-dealkylation sites (tertiary alicyclic amines) is 1. The fourth-order valence-electron chi connectivity index (χ4n) is 3.37. The molecule has 9 nitrogen and oxygen atoms in total. The lowest BCUT2D eigenvalue weighted by Gasteiger charge is -2.25. The van der Waals surface area contributed by atoms with Crippen LogP contribution < -0.4 is 11.2 Å². The van der Waals surface area contributed by atoms with E-state index in [9.17, 15) is 23.9 Å². The van der Waals surface area contributed by atoms with E-state index in [1.165, 1.54) is 18.7 Å². The fourth-order valence-corrected chi connectivity index (χ4v) is 3.37. The lowest BCUT2D eigenvalue weighted by Crippen LogP contribution is -2.34. The molecule has 0 radical (unpaired) electrons. The number of rotatable bonds is 7. The van der Waals surface area contributed by atoms with E-state index < -0.39 is 23.4 Å². The zero-order valence-corrected chi connectivity index (χ0v) is 15.7. The lowest BCUT2D eigenvalue weighted by atomic mass is 9.99. The normalized spacial score (nSPS) is 14.5. The number of nitrogens with one attached hydrogen (secondary N) is 1. The molecule has 1 saturated heterocycles. The van der Waals surface area contributed by atoms with Gasteiger partial charge in [-0.15, -0.1) is 5.10 Å². The van der Waals surface area contributed by atoms with Crippen LogP contribution in [0.5, 0.6) is 0 Å². The molecule has 0 unspecified atom stereocenters. The van der Waals surface area contributed by atoms with Crippen molar-refractivity contribution in [3.8, 4) is 11.1 Å². The summed E-state index contributed by atoms with van der Waals surface area (Å²) in [4.78, 5) is 38.6. The summed E-state index contributed by atoms with van der Waals surface area (Å²) in [6.07, 6.45) is 4.88. The van der Waals surface area contributed by atoms with Crippen LogP contribution in [-0.2, 0) is 4.79 Å². The number of carbonyl (C=O) groups is 3. The third-order valence-electron chi connectivity index (χ3n) is 4.80. The number of carboxylic acids is 1. The summed E-state index contributed by atoms with van der Waals surface area (Å²) >= 11 is 0. The number of aromatic carboxylic acids is 1. The second-order valence-electron chi connectivity index (χ2n) is 6.88. The highest BCUT2D eigenvalue weighted by atomic mass is 19.1. The number of carboxylic acid groups (broad SMARTS) is 1. The Balaban J connectivity index is 1.80. The first kappa shape index (κ1) is 20.5. The molecule has 1 fully saturated rings. The molecule has 0 atom stereocenters. The monoisotopic (exact) mass is 403 g/mol. The maximum atomic E-state index is 13.7. The molecule has 2 heterocycles. The number of aromatic nitrogens is 2. The van der Waals surface area contributed by atoms with Crippen molar-refractivity contribution < 1.29 is 23.9 Å². The molecule has 1 aromatic carbocycles. The molecule has 1 aliphatic rings. The maximum Gasteiger partial charge on any atom is 0.357 e. The van der Waals surface area contributed by atoms with Gasteiger partial charge in [0.05, 0.1) is 6.20 Å². The highest BCUT2D eigenvalue weighted by molar-refractivity contribution is 6.03. The Labute approximate surface area is 166 Å². The van der Waals surface area contributed by atoms with Crippen LogP contribution in [0.2, 0.25) is 0 Å². The van der Waals surface area contributed by atoms with Crippen LogP contribution in [0.4, 0.5) is 4.39 Å². The average molecular weight is 403 g/mol. The number of piperidine rings is 1. The molecule has 29 heavy (non-hydrogen) atoms. The largest absolute Gasteiger partial charge is 0.476 e. The Morgan fingerprint density at radius 3 is 2.55 bits per heavy atom. The predicted molar refractivity (Wildman–Crippen MR) is 102 cm³/mol. The van der Waals surface area contributed by atoms with Crippen molar-refractivity contribution >= 4 is 17.8 Å². The van der Waals surface area contributed by atoms with Crippen LogP contribution >= 0.6 is 0 Å². The van der Waals surface area contributed by atoms with Crippen LogP contribution in [0, 0.1) is 5.82 Å². The second-order valence-corrected chi connectivity index (χ2v) is 6.88. The van der Waals surface area contributed by atoms with Gasteiger partial charge >= 0.3 is 5.97 Å². The van der Waals surface area contributed by atoms with E-state index in [1.807, 2.05) is 0 Å². The van der Waals surface area contributed by atoms with Crippen molar-refractivity contribution in [1.29, 1.82) is 0 Å². The Kier molecular flexibility index (Phi) is 6.23. The molecule has 10 heteroatoms. The number of nitrogens with zero attached hydrogens (tertiary/aromatic N) is 3. The van der Waals surface area contributed by atoms with E-state index in [1.54, 1.807) is 0 Å². The van der Waals surface area contributed by atoms with Gasteiger partial charge in [-0.1, -0.05) is 6.42 Å². The number of halogens is 1. The minimum atomic E-state index is -1.39. The topological polar surface area (TPSA) is 131 Å². The van der Waals surface area contributed by atoms with Crippen molar-refractivity contribution in [2.45, 2.75) is 25.7 Å². The van der Waals surface area contributed by atoms with Crippen LogP contribution in [0.1, 0.15) is 46.5 Å². The van der Waals surface area contributed by atoms with E-state index >= 15 is 0 Å². The van der Waals surface area contributed by atoms with Crippen molar-refractivity contribution in [3.63, 3.8) is 0 Å². The number of primary amides is 1. The van der Waals surface area contributed by atoms with Crippen molar-refractivity contribution in [2.24, 2.45) is 5.73 Å². The van der Waals surface area contributed by atoms with Crippen LogP contribution in [0.3, 0.4) is 0 Å². The summed E-state index contributed by atoms with van der Waals surface area (Å²) in [5.41, 5.74) is 7.29. The Bertz CT molecular complexity index is 937. The first-order chi connectivity index (χ1) is 13.8. The van der Waals surface area contributed by atoms with E-state index in [2.05, 4.69) is 15.4 Å². The third-order valence-corrected chi connectivity index (χ3v) is 4.80. The van der Waals surface area contributed by atoms with Gasteiger partial charge in [0, 0.05) is 29.7 Å². The molecule has 2 amide bonds. The molecule has 0 bridgehead atoms. The summed E-state index contributed by atoms with van der Waals surface area (Å²) in [6.45, 7) is 2.51. The molecule has 2 aromatic rings. The van der Waals surface area contributed by atoms with E-state index in [0.717, 1.165) is 42.9 Å². The SMILES string of the molecule is NC(=O)c1ccc(F)cc1-c1cn(NC(=O)CCN2CCCCC2)nc1C(=O)O. The molecule has 4 N–H and O–H groups in total. The second kappa shape index (κ2) is 8.82. The quantitative estimate of drug-likeness (QED) is 0.641. The zero-order valence-electron chi connectivity index (χ0n) is 15.7. The van der Waals surface area contributed by atoms with E-state index in [0.29, 0.717) is 6.54 Å². The maximum absolute atomic E-state index is 13.7. The Morgan fingerprint density at radius 1 is 1.17 bits per heavy atom. The van der Waals surface area contributed by atoms with Gasteiger partial charge in [0.2, 0.25) is 11.8 Å². The number of hydrogen-bond donors (Lipinski definition) is 3. The van der Waals surface area contributed by atoms with E-state index in [-0.39, 0.29) is 29.0 Å². The molecule has 0 aliphatic carbocycles. The summed E-state index contributed by atoms with van der Waals surface area (Å²) in [6, 6.07) is 3.23. The van der Waals surface area contributed by atoms with Gasteiger partial charge in [-0.25, -0.2) is 14.6 Å². The van der Waals surface area contributed by atoms with Crippen molar-refractivity contribution in [2.75, 3.05) is 25.1 Å². The van der Waals surface area contributed by atoms with Crippen molar-refractivity contribution in [3.05, 3.63) is 41.5 Å². The molecule has 154 valence electrons. The molecular formula is C19H22FN5O4. The highest BCUT2D eigenvalue weighted by Gasteiger charge is 2.22. The van der Waals surface area contributed by atoms with Crippen LogP contribution in [-0.4, -0.2) is 57.3 Å². The first-order valence-corrected chi connectivity index (χ1v) is 9.30. The third kappa shape index (κ3) is 4.96. The Morgan fingerprint density at radius 2 is 1.90 bits per heavy atom. The number of carbonyl (C=O) groups excluding carboxylic acids is 2. The number of hydrogen-bond acceptors (Lipinski definition) is 5. The smallest absolute Gasteiger partial charge is 0.357 e. The minimum absolute atomic E-state index is 0.0104. The van der Waals surface area contributed by atoms with Gasteiger partial charge in [-0.2, -0.15) is 4.79 Å². The summed E-state index contributed by atoms with van der Waals surface area (Å²) in [7, 11) is 0. The van der Waals surface area contributed by atoms with Gasteiger partial charge in [-0.3, -0.25) is 9.59 Å². The van der Waals surface area contributed by atoms with Crippen LogP contribution in [0.15, 0.2) is 24.4 Å². The molecule has 1 aromatic heterocycles. The Hall–Kier alpha value is -3.27. The van der Waals surface area contributed by atoms with Gasteiger partial charge in [0.1, 0.15) is 5.82 Å². The van der Waals surface area contributed by atoms with E-state index in [4.69, 9.17) is 5.73 Å². The zero-order chi connectivity index (χ0) is 21.0. The lowest BCUT2D eigenvalue weighted by molar-refractivity contribution is -0.117. The first-order valence-electron chi connectivity index (χ1n) is 9.30. The van der Waals surface area contributed by atoms with Gasteiger partial charge in [0.25, 0.3) is 0 Å². The fraction of sp³-hybridized carbons (Fsp3) is 0.368. The summed E-state index contributed by atoms with van der Waals surface area (Å²) < 4.78 is 13.7. The highest BCUT2D eigenvalue weighted by Crippen LogP contribution is 2.27. The summed E-state index contributed by atoms with van der Waals surface area (Å²) in [5.74, 6) is -3.23.